The molecule has 0 atom stereocenters. The third-order valence-corrected chi connectivity index (χ3v) is 4.99. The molecule has 0 unspecified atom stereocenters. The van der Waals surface area contributed by atoms with E-state index in [0.717, 1.165) is 36.7 Å². The predicted octanol–water partition coefficient (Wildman–Crippen LogP) is 2.33. The van der Waals surface area contributed by atoms with E-state index in [2.05, 4.69) is 9.88 Å². The van der Waals surface area contributed by atoms with E-state index >= 15 is 0 Å². The van der Waals surface area contributed by atoms with Crippen LogP contribution in [0, 0.1) is 0 Å². The number of fused-ring (bicyclic) bond motifs is 1. The lowest BCUT2D eigenvalue weighted by Gasteiger charge is -2.29. The molecule has 0 radical (unpaired) electrons. The number of benzene rings is 1. The highest BCUT2D eigenvalue weighted by Crippen LogP contribution is 2.34. The van der Waals surface area contributed by atoms with Gasteiger partial charge in [0.1, 0.15) is 6.54 Å². The first-order valence-electron chi connectivity index (χ1n) is 8.50. The molecule has 1 heterocycles. The van der Waals surface area contributed by atoms with Gasteiger partial charge >= 0.3 is 0 Å². The lowest BCUT2D eigenvalue weighted by Crippen LogP contribution is -2.43. The highest BCUT2D eigenvalue weighted by molar-refractivity contribution is 5.80. The van der Waals surface area contributed by atoms with Crippen LogP contribution in [0.4, 0.5) is 0 Å². The topological polar surface area (TPSA) is 55.2 Å². The zero-order chi connectivity index (χ0) is 15.8. The van der Waals surface area contributed by atoms with E-state index in [4.69, 9.17) is 0 Å². The minimum absolute atomic E-state index is 0.0813. The second-order valence-electron chi connectivity index (χ2n) is 6.64. The highest BCUT2D eigenvalue weighted by atomic mass is 16.2. The lowest BCUT2D eigenvalue weighted by atomic mass is 10.2. The van der Waals surface area contributed by atoms with Crippen LogP contribution in [0.3, 0.4) is 0 Å². The average Bonchev–Trinajstić information content (AvgIpc) is 3.24. The van der Waals surface area contributed by atoms with Gasteiger partial charge in [0.15, 0.2) is 0 Å². The van der Waals surface area contributed by atoms with Gasteiger partial charge in [0.05, 0.1) is 17.2 Å². The third kappa shape index (κ3) is 2.76. The van der Waals surface area contributed by atoms with Crippen molar-refractivity contribution in [2.45, 2.75) is 57.2 Å². The molecule has 0 spiro atoms. The maximum absolute atomic E-state index is 12.9. The molecule has 2 saturated carbocycles. The first-order chi connectivity index (χ1) is 11.2. The number of hydrogen-bond donors (Lipinski definition) is 0. The smallest absolute Gasteiger partial charge is 0.269 e. The number of rotatable bonds is 4. The second-order valence-corrected chi connectivity index (χ2v) is 6.64. The molecule has 1 amide bonds. The van der Waals surface area contributed by atoms with E-state index in [1.807, 2.05) is 24.3 Å². The van der Waals surface area contributed by atoms with Gasteiger partial charge in [-0.05, 0) is 37.8 Å². The maximum atomic E-state index is 12.9. The molecule has 4 rings (SSSR count). The van der Waals surface area contributed by atoms with Crippen LogP contribution in [0.2, 0.25) is 0 Å². The van der Waals surface area contributed by atoms with Gasteiger partial charge in [0.2, 0.25) is 5.91 Å². The minimum Gasteiger partial charge on any atom is -0.335 e. The van der Waals surface area contributed by atoms with Crippen molar-refractivity contribution in [2.75, 3.05) is 0 Å². The van der Waals surface area contributed by atoms with Gasteiger partial charge in [-0.1, -0.05) is 25.0 Å². The quantitative estimate of drug-likeness (QED) is 0.871. The maximum Gasteiger partial charge on any atom is 0.269 e. The summed E-state index contributed by atoms with van der Waals surface area (Å²) in [5, 5.41) is 0. The van der Waals surface area contributed by atoms with Gasteiger partial charge in [0, 0.05) is 12.1 Å². The fraction of sp³-hybridized carbons (Fsp3) is 0.500. The molecule has 2 fully saturated rings. The summed E-state index contributed by atoms with van der Waals surface area (Å²) in [5.41, 5.74) is 1.27. The van der Waals surface area contributed by atoms with E-state index in [1.165, 1.54) is 19.0 Å². The van der Waals surface area contributed by atoms with Gasteiger partial charge in [0.25, 0.3) is 5.56 Å². The summed E-state index contributed by atoms with van der Waals surface area (Å²) in [4.78, 5) is 31.4. The van der Waals surface area contributed by atoms with Crippen molar-refractivity contribution in [3.8, 4) is 0 Å². The van der Waals surface area contributed by atoms with Crippen LogP contribution in [-0.2, 0) is 11.3 Å². The monoisotopic (exact) mass is 311 g/mol. The predicted molar refractivity (Wildman–Crippen MR) is 88.1 cm³/mol. The normalized spacial score (nSPS) is 18.4. The fourth-order valence-corrected chi connectivity index (χ4v) is 3.74. The Morgan fingerprint density at radius 2 is 1.83 bits per heavy atom. The Morgan fingerprint density at radius 3 is 2.57 bits per heavy atom. The standard InChI is InChI=1S/C18H21N3O2/c22-17-11-19-15-7-3-4-8-16(15)20(17)12-18(23)21(14-9-10-14)13-5-1-2-6-13/h3-4,7-8,11,13-14H,1-2,5-6,9-10,12H2. The Balaban J connectivity index is 1.65. The number of carbonyl (C=O) groups is 1. The average molecular weight is 311 g/mol. The molecule has 0 bridgehead atoms. The number of carbonyl (C=O) groups excluding carboxylic acids is 1. The van der Waals surface area contributed by atoms with E-state index in [-0.39, 0.29) is 18.0 Å². The molecule has 0 saturated heterocycles. The van der Waals surface area contributed by atoms with Crippen molar-refractivity contribution in [3.63, 3.8) is 0 Å². The molecule has 2 aliphatic carbocycles. The number of nitrogens with zero attached hydrogens (tertiary/aromatic N) is 3. The van der Waals surface area contributed by atoms with Gasteiger partial charge in [-0.2, -0.15) is 0 Å². The van der Waals surface area contributed by atoms with Crippen LogP contribution >= 0.6 is 0 Å². The third-order valence-electron chi connectivity index (χ3n) is 4.99. The molecule has 0 N–H and O–H groups in total. The Kier molecular flexibility index (Phi) is 3.63. The van der Waals surface area contributed by atoms with Gasteiger partial charge < -0.3 is 4.90 Å². The fourth-order valence-electron chi connectivity index (χ4n) is 3.74. The van der Waals surface area contributed by atoms with Crippen LogP contribution in [0.1, 0.15) is 38.5 Å². The highest BCUT2D eigenvalue weighted by Gasteiger charge is 2.38. The zero-order valence-electron chi connectivity index (χ0n) is 13.1. The molecular weight excluding hydrogens is 290 g/mol. The molecular formula is C18H21N3O2. The minimum atomic E-state index is -0.209. The first kappa shape index (κ1) is 14.4. The molecule has 5 nitrogen and oxygen atoms in total. The van der Waals surface area contributed by atoms with Crippen LogP contribution < -0.4 is 5.56 Å². The van der Waals surface area contributed by atoms with E-state index in [1.54, 1.807) is 4.57 Å². The van der Waals surface area contributed by atoms with E-state index in [9.17, 15) is 9.59 Å². The molecule has 120 valence electrons. The van der Waals surface area contributed by atoms with Crippen LogP contribution in [0.25, 0.3) is 11.0 Å². The van der Waals surface area contributed by atoms with Crippen molar-refractivity contribution in [2.24, 2.45) is 0 Å². The molecule has 0 aliphatic heterocycles. The summed E-state index contributed by atoms with van der Waals surface area (Å²) in [6, 6.07) is 8.26. The van der Waals surface area contributed by atoms with Gasteiger partial charge in [-0.25, -0.2) is 4.98 Å². The van der Waals surface area contributed by atoms with Crippen molar-refractivity contribution in [1.29, 1.82) is 0 Å². The SMILES string of the molecule is O=C(Cn1c(=O)cnc2ccccc21)N(C1CCCC1)C1CC1. The van der Waals surface area contributed by atoms with E-state index in [0.29, 0.717) is 12.1 Å². The van der Waals surface area contributed by atoms with Crippen LogP contribution in [-0.4, -0.2) is 32.4 Å². The molecule has 2 aliphatic rings. The zero-order valence-corrected chi connectivity index (χ0v) is 13.1. The van der Waals surface area contributed by atoms with Crippen LogP contribution in [0.5, 0.6) is 0 Å². The van der Waals surface area contributed by atoms with E-state index < -0.39 is 0 Å². The Labute approximate surface area is 134 Å². The molecule has 1 aromatic carbocycles. The van der Waals surface area contributed by atoms with Crippen molar-refractivity contribution in [3.05, 3.63) is 40.8 Å². The number of para-hydroxylation sites is 2. The van der Waals surface area contributed by atoms with Crippen LogP contribution in [0.15, 0.2) is 35.3 Å². The summed E-state index contributed by atoms with van der Waals surface area (Å²) in [6.45, 7) is 0.120. The van der Waals surface area contributed by atoms with Gasteiger partial charge in [-0.3, -0.25) is 14.2 Å². The summed E-state index contributed by atoms with van der Waals surface area (Å²) in [6.07, 6.45) is 8.15. The molecule has 2 aromatic rings. The van der Waals surface area contributed by atoms with Gasteiger partial charge in [-0.15, -0.1) is 0 Å². The Hall–Kier alpha value is -2.17. The number of hydrogen-bond acceptors (Lipinski definition) is 3. The largest absolute Gasteiger partial charge is 0.335 e. The lowest BCUT2D eigenvalue weighted by molar-refractivity contribution is -0.134. The van der Waals surface area contributed by atoms with Crippen molar-refractivity contribution in [1.82, 2.24) is 14.5 Å². The molecule has 1 aromatic heterocycles. The second kappa shape index (κ2) is 5.80. The summed E-state index contributed by atoms with van der Waals surface area (Å²) >= 11 is 0. The summed E-state index contributed by atoms with van der Waals surface area (Å²) < 4.78 is 1.56. The summed E-state index contributed by atoms with van der Waals surface area (Å²) in [7, 11) is 0. The summed E-state index contributed by atoms with van der Waals surface area (Å²) in [5.74, 6) is 0.0813. The first-order valence-corrected chi connectivity index (χ1v) is 8.50. The van der Waals surface area contributed by atoms with Crippen molar-refractivity contribution >= 4 is 16.9 Å². The molecule has 23 heavy (non-hydrogen) atoms. The number of aromatic nitrogens is 2. The molecule has 5 heteroatoms. The Morgan fingerprint density at radius 1 is 1.13 bits per heavy atom. The van der Waals surface area contributed by atoms with Crippen molar-refractivity contribution < 1.29 is 4.79 Å². The Bertz CT molecular complexity index is 788. The number of amides is 1.